The van der Waals surface area contributed by atoms with Crippen LogP contribution in [0.1, 0.15) is 43.5 Å². The summed E-state index contributed by atoms with van der Waals surface area (Å²) in [4.78, 5) is 16.0. The number of hydrogen-bond acceptors (Lipinski definition) is 3. The van der Waals surface area contributed by atoms with Crippen LogP contribution in [0.25, 0.3) is 10.9 Å². The van der Waals surface area contributed by atoms with Gasteiger partial charge in [0, 0.05) is 16.6 Å². The van der Waals surface area contributed by atoms with Gasteiger partial charge in [0.25, 0.3) is 0 Å². The van der Waals surface area contributed by atoms with E-state index < -0.39 is 11.2 Å². The molecular weight excluding hydrogens is 331 g/mol. The monoisotopic (exact) mass is 350 g/mol. The number of fused-ring (bicyclic) bond motifs is 3. The molecular formula is C18H20ClFN2O2. The number of halogens is 2. The van der Waals surface area contributed by atoms with Crippen molar-refractivity contribution in [2.75, 3.05) is 13.2 Å². The van der Waals surface area contributed by atoms with Crippen LogP contribution in [0.4, 0.5) is 4.39 Å². The highest BCUT2D eigenvalue weighted by molar-refractivity contribution is 6.31. The van der Waals surface area contributed by atoms with Crippen LogP contribution in [0.5, 0.6) is 0 Å². The molecule has 24 heavy (non-hydrogen) atoms. The van der Waals surface area contributed by atoms with Gasteiger partial charge >= 0.3 is 5.97 Å². The maximum absolute atomic E-state index is 13.9. The minimum Gasteiger partial charge on any atom is -0.466 e. The van der Waals surface area contributed by atoms with Gasteiger partial charge in [-0.2, -0.15) is 0 Å². The second-order valence-electron chi connectivity index (χ2n) is 6.70. The molecule has 4 rings (SSSR count). The number of aromatic nitrogens is 1. The van der Waals surface area contributed by atoms with E-state index in [1.54, 1.807) is 6.07 Å². The molecule has 0 amide bonds. The normalized spacial score (nSPS) is 22.0. The van der Waals surface area contributed by atoms with Crippen molar-refractivity contribution in [3.05, 3.63) is 34.2 Å². The Balaban J connectivity index is 1.83. The number of rotatable bonds is 3. The first-order chi connectivity index (χ1) is 11.6. The Hall–Kier alpha value is -1.59. The van der Waals surface area contributed by atoms with Crippen molar-refractivity contribution in [2.24, 2.45) is 5.41 Å². The van der Waals surface area contributed by atoms with E-state index in [1.807, 2.05) is 6.92 Å². The molecule has 1 aromatic heterocycles. The summed E-state index contributed by atoms with van der Waals surface area (Å²) < 4.78 is 19.3. The summed E-state index contributed by atoms with van der Waals surface area (Å²) in [7, 11) is 0. The number of carbonyl (C=O) groups is 1. The lowest BCUT2D eigenvalue weighted by Gasteiger charge is -2.46. The van der Waals surface area contributed by atoms with Gasteiger partial charge in [-0.1, -0.05) is 18.0 Å². The zero-order chi connectivity index (χ0) is 16.9. The fourth-order valence-corrected chi connectivity index (χ4v) is 4.30. The van der Waals surface area contributed by atoms with E-state index in [4.69, 9.17) is 16.3 Å². The van der Waals surface area contributed by atoms with Crippen molar-refractivity contribution < 1.29 is 13.9 Å². The van der Waals surface area contributed by atoms with Gasteiger partial charge in [-0.05, 0) is 50.4 Å². The first kappa shape index (κ1) is 15.9. The maximum atomic E-state index is 13.9. The van der Waals surface area contributed by atoms with Gasteiger partial charge in [0.2, 0.25) is 0 Å². The fourth-order valence-electron chi connectivity index (χ4n) is 4.14. The third kappa shape index (κ3) is 2.18. The predicted octanol–water partition coefficient (Wildman–Crippen LogP) is 3.88. The summed E-state index contributed by atoms with van der Waals surface area (Å²) in [5.74, 6) is -0.547. The number of H-pyrrole nitrogens is 1. The van der Waals surface area contributed by atoms with E-state index in [0.29, 0.717) is 6.61 Å². The Morgan fingerprint density at radius 2 is 2.25 bits per heavy atom. The number of aromatic amines is 1. The lowest BCUT2D eigenvalue weighted by molar-refractivity contribution is -0.164. The Labute approximate surface area is 144 Å². The third-order valence-electron chi connectivity index (χ3n) is 5.47. The minimum atomic E-state index is -0.519. The SMILES string of the molecule is CCOC(=O)C1(C2NCCc3c2[nH]c2cc(Cl)c(F)cc32)CCC1. The number of hydrogen-bond donors (Lipinski definition) is 2. The highest BCUT2D eigenvalue weighted by Crippen LogP contribution is 2.53. The predicted molar refractivity (Wildman–Crippen MR) is 90.6 cm³/mol. The number of benzene rings is 1. The van der Waals surface area contributed by atoms with Crippen molar-refractivity contribution in [3.63, 3.8) is 0 Å². The fraction of sp³-hybridized carbons (Fsp3) is 0.500. The molecule has 0 bridgehead atoms. The molecule has 1 atom stereocenters. The molecule has 1 fully saturated rings. The first-order valence-electron chi connectivity index (χ1n) is 8.47. The van der Waals surface area contributed by atoms with E-state index in [2.05, 4.69) is 10.3 Å². The Kier molecular flexibility index (Phi) is 3.81. The lowest BCUT2D eigenvalue weighted by Crippen LogP contribution is -2.51. The van der Waals surface area contributed by atoms with Crippen LogP contribution in [0, 0.1) is 11.2 Å². The van der Waals surface area contributed by atoms with Crippen LogP contribution in [0.3, 0.4) is 0 Å². The molecule has 2 aliphatic rings. The van der Waals surface area contributed by atoms with Gasteiger partial charge in [0.05, 0.1) is 23.1 Å². The molecule has 0 saturated heterocycles. The van der Waals surface area contributed by atoms with Gasteiger partial charge in [0.1, 0.15) is 5.82 Å². The lowest BCUT2D eigenvalue weighted by atomic mass is 9.62. The zero-order valence-electron chi connectivity index (χ0n) is 13.5. The summed E-state index contributed by atoms with van der Waals surface area (Å²) in [6.07, 6.45) is 3.44. The number of esters is 1. The molecule has 2 heterocycles. The molecule has 0 spiro atoms. The van der Waals surface area contributed by atoms with Gasteiger partial charge in [-0.15, -0.1) is 0 Å². The molecule has 2 aromatic rings. The van der Waals surface area contributed by atoms with E-state index in [-0.39, 0.29) is 17.0 Å². The maximum Gasteiger partial charge on any atom is 0.314 e. The van der Waals surface area contributed by atoms with Crippen molar-refractivity contribution in [2.45, 2.75) is 38.6 Å². The quantitative estimate of drug-likeness (QED) is 0.826. The van der Waals surface area contributed by atoms with Crippen LogP contribution in [-0.4, -0.2) is 24.1 Å². The molecule has 4 nitrogen and oxygen atoms in total. The van der Waals surface area contributed by atoms with E-state index in [9.17, 15) is 9.18 Å². The topological polar surface area (TPSA) is 54.1 Å². The smallest absolute Gasteiger partial charge is 0.314 e. The first-order valence-corrected chi connectivity index (χ1v) is 8.84. The molecule has 1 aliphatic heterocycles. The van der Waals surface area contributed by atoms with Crippen molar-refractivity contribution in [1.82, 2.24) is 10.3 Å². The van der Waals surface area contributed by atoms with Crippen LogP contribution in [0.15, 0.2) is 12.1 Å². The summed E-state index contributed by atoms with van der Waals surface area (Å²) in [5, 5.41) is 4.45. The van der Waals surface area contributed by atoms with Crippen molar-refractivity contribution in [3.8, 4) is 0 Å². The summed E-state index contributed by atoms with van der Waals surface area (Å²) in [5.41, 5.74) is 2.36. The molecule has 0 radical (unpaired) electrons. The Morgan fingerprint density at radius 3 is 2.92 bits per heavy atom. The summed E-state index contributed by atoms with van der Waals surface area (Å²) in [6.45, 7) is 2.97. The van der Waals surface area contributed by atoms with Gasteiger partial charge in [0.15, 0.2) is 0 Å². The summed E-state index contributed by atoms with van der Waals surface area (Å²) >= 11 is 5.92. The molecule has 2 N–H and O–H groups in total. The Morgan fingerprint density at radius 1 is 1.46 bits per heavy atom. The molecule has 1 saturated carbocycles. The highest BCUT2D eigenvalue weighted by atomic mass is 35.5. The standard InChI is InChI=1S/C18H20ClFN2O2/c1-2-24-17(23)18(5-3-6-18)16-15-10(4-7-21-16)11-8-13(20)12(19)9-14(11)22-15/h8-9,16,21-22H,2-7H2,1H3. The minimum absolute atomic E-state index is 0.106. The van der Waals surface area contributed by atoms with Crippen LogP contribution in [-0.2, 0) is 16.0 Å². The van der Waals surface area contributed by atoms with Crippen LogP contribution >= 0.6 is 11.6 Å². The second-order valence-corrected chi connectivity index (χ2v) is 7.10. The number of nitrogens with one attached hydrogen (secondary N) is 2. The van der Waals surface area contributed by atoms with Gasteiger partial charge in [-0.25, -0.2) is 4.39 Å². The number of ether oxygens (including phenoxy) is 1. The number of carbonyl (C=O) groups excluding carboxylic acids is 1. The molecule has 128 valence electrons. The van der Waals surface area contributed by atoms with Crippen molar-refractivity contribution >= 4 is 28.5 Å². The average molecular weight is 351 g/mol. The average Bonchev–Trinajstić information content (AvgIpc) is 2.85. The summed E-state index contributed by atoms with van der Waals surface area (Å²) in [6, 6.07) is 3.00. The molecule has 6 heteroatoms. The van der Waals surface area contributed by atoms with Crippen molar-refractivity contribution in [1.29, 1.82) is 0 Å². The van der Waals surface area contributed by atoms with E-state index in [1.165, 1.54) is 6.07 Å². The molecule has 1 unspecified atom stereocenters. The van der Waals surface area contributed by atoms with Gasteiger partial charge < -0.3 is 15.0 Å². The van der Waals surface area contributed by atoms with Crippen LogP contribution < -0.4 is 5.32 Å². The third-order valence-corrected chi connectivity index (χ3v) is 5.76. The van der Waals surface area contributed by atoms with E-state index >= 15 is 0 Å². The van der Waals surface area contributed by atoms with E-state index in [0.717, 1.165) is 54.4 Å². The van der Waals surface area contributed by atoms with Gasteiger partial charge in [-0.3, -0.25) is 4.79 Å². The zero-order valence-corrected chi connectivity index (χ0v) is 14.3. The second kappa shape index (κ2) is 5.74. The molecule has 1 aromatic carbocycles. The highest BCUT2D eigenvalue weighted by Gasteiger charge is 2.53. The van der Waals surface area contributed by atoms with Crippen LogP contribution in [0.2, 0.25) is 5.02 Å². The largest absolute Gasteiger partial charge is 0.466 e. The Bertz CT molecular complexity index is 813. The molecule has 1 aliphatic carbocycles.